The van der Waals surface area contributed by atoms with Crippen LogP contribution in [0, 0.1) is 0 Å². The molecule has 0 aliphatic heterocycles. The van der Waals surface area contributed by atoms with Crippen LogP contribution in [-0.2, 0) is 4.74 Å². The molecule has 0 atom stereocenters. The highest BCUT2D eigenvalue weighted by atomic mass is 32.1. The number of hydrazone groups is 1. The van der Waals surface area contributed by atoms with Crippen molar-refractivity contribution in [3.8, 4) is 0 Å². The fraction of sp³-hybridized carbons (Fsp3) is 0.231. The van der Waals surface area contributed by atoms with E-state index >= 15 is 0 Å². The van der Waals surface area contributed by atoms with Gasteiger partial charge in [0.15, 0.2) is 0 Å². The van der Waals surface area contributed by atoms with Gasteiger partial charge in [-0.2, -0.15) is 5.10 Å². The summed E-state index contributed by atoms with van der Waals surface area (Å²) in [6, 6.07) is 10.2. The quantitative estimate of drug-likeness (QED) is 0.681. The third kappa shape index (κ3) is 2.87. The fourth-order valence-electron chi connectivity index (χ4n) is 1.51. The Morgan fingerprint density at radius 3 is 2.94 bits per heavy atom. The fourth-order valence-corrected chi connectivity index (χ4v) is 2.52. The predicted molar refractivity (Wildman–Crippen MR) is 74.2 cm³/mol. The molecule has 1 heterocycles. The standard InChI is InChI=1S/C13H14N2O2S/c1-3-17-13(16)15-14-9(2)12-8-10-6-4-5-7-11(10)18-12/h4-8H,3H2,1-2H3,(H,15,16)/b14-9-. The molecule has 1 aromatic heterocycles. The van der Waals surface area contributed by atoms with Gasteiger partial charge in [-0.05, 0) is 31.4 Å². The van der Waals surface area contributed by atoms with E-state index in [1.807, 2.05) is 19.1 Å². The van der Waals surface area contributed by atoms with E-state index < -0.39 is 6.09 Å². The predicted octanol–water partition coefficient (Wildman–Crippen LogP) is 3.37. The summed E-state index contributed by atoms with van der Waals surface area (Å²) in [5.74, 6) is 0. The van der Waals surface area contributed by atoms with E-state index in [2.05, 4.69) is 28.7 Å². The summed E-state index contributed by atoms with van der Waals surface area (Å²) in [5, 5.41) is 5.19. The van der Waals surface area contributed by atoms with E-state index in [1.54, 1.807) is 18.3 Å². The van der Waals surface area contributed by atoms with Gasteiger partial charge in [-0.15, -0.1) is 11.3 Å². The second-order valence-electron chi connectivity index (χ2n) is 3.68. The number of nitrogens with zero attached hydrogens (tertiary/aromatic N) is 1. The molecule has 5 heteroatoms. The number of ether oxygens (including phenoxy) is 1. The Bertz CT molecular complexity index is 556. The lowest BCUT2D eigenvalue weighted by Gasteiger charge is -2.00. The number of carbonyl (C=O) groups is 1. The van der Waals surface area contributed by atoms with Gasteiger partial charge in [0.25, 0.3) is 0 Å². The molecule has 0 fully saturated rings. The molecular formula is C13H14N2O2S. The molecule has 0 radical (unpaired) electrons. The van der Waals surface area contributed by atoms with E-state index in [9.17, 15) is 4.79 Å². The molecule has 1 amide bonds. The zero-order valence-corrected chi connectivity index (χ0v) is 11.1. The number of amides is 1. The highest BCUT2D eigenvalue weighted by molar-refractivity contribution is 7.20. The molecule has 94 valence electrons. The maximum Gasteiger partial charge on any atom is 0.427 e. The van der Waals surface area contributed by atoms with Crippen molar-refractivity contribution in [3.05, 3.63) is 35.2 Å². The SMILES string of the molecule is CCOC(=O)N/N=C(/C)c1cc2ccccc2s1. The molecule has 0 aliphatic carbocycles. The summed E-state index contributed by atoms with van der Waals surface area (Å²) in [5.41, 5.74) is 3.13. The zero-order chi connectivity index (χ0) is 13.0. The summed E-state index contributed by atoms with van der Waals surface area (Å²) in [6.07, 6.45) is -0.530. The van der Waals surface area contributed by atoms with E-state index in [0.29, 0.717) is 6.61 Å². The van der Waals surface area contributed by atoms with Gasteiger partial charge in [0.2, 0.25) is 0 Å². The molecule has 18 heavy (non-hydrogen) atoms. The third-order valence-electron chi connectivity index (χ3n) is 2.37. The molecule has 0 bridgehead atoms. The van der Waals surface area contributed by atoms with Gasteiger partial charge >= 0.3 is 6.09 Å². The van der Waals surface area contributed by atoms with Crippen LogP contribution in [0.5, 0.6) is 0 Å². The van der Waals surface area contributed by atoms with Crippen molar-refractivity contribution < 1.29 is 9.53 Å². The lowest BCUT2D eigenvalue weighted by Crippen LogP contribution is -2.20. The van der Waals surface area contributed by atoms with Gasteiger partial charge < -0.3 is 4.74 Å². The molecule has 0 saturated heterocycles. The molecule has 1 aromatic carbocycles. The van der Waals surface area contributed by atoms with Crippen molar-refractivity contribution in [1.82, 2.24) is 5.43 Å². The van der Waals surface area contributed by atoms with Crippen LogP contribution in [0.4, 0.5) is 4.79 Å². The molecule has 2 aromatic rings. The maximum absolute atomic E-state index is 11.1. The van der Waals surface area contributed by atoms with Crippen LogP contribution in [0.3, 0.4) is 0 Å². The smallest absolute Gasteiger partial charge is 0.427 e. The Morgan fingerprint density at radius 2 is 2.22 bits per heavy atom. The van der Waals surface area contributed by atoms with Gasteiger partial charge in [-0.1, -0.05) is 18.2 Å². The van der Waals surface area contributed by atoms with Crippen molar-refractivity contribution >= 4 is 33.2 Å². The maximum atomic E-state index is 11.1. The first-order valence-electron chi connectivity index (χ1n) is 5.66. The Kier molecular flexibility index (Phi) is 3.94. The highest BCUT2D eigenvalue weighted by Crippen LogP contribution is 2.25. The van der Waals surface area contributed by atoms with Crippen molar-refractivity contribution in [1.29, 1.82) is 0 Å². The van der Waals surface area contributed by atoms with E-state index in [0.717, 1.165) is 10.6 Å². The molecule has 1 N–H and O–H groups in total. The Labute approximate surface area is 109 Å². The summed E-state index contributed by atoms with van der Waals surface area (Å²) in [4.78, 5) is 12.1. The van der Waals surface area contributed by atoms with Crippen molar-refractivity contribution in [2.75, 3.05) is 6.61 Å². The number of benzene rings is 1. The van der Waals surface area contributed by atoms with Crippen LogP contribution in [0.1, 0.15) is 18.7 Å². The van der Waals surface area contributed by atoms with Crippen LogP contribution < -0.4 is 5.43 Å². The summed E-state index contributed by atoms with van der Waals surface area (Å²) in [7, 11) is 0. The normalized spacial score (nSPS) is 11.6. The summed E-state index contributed by atoms with van der Waals surface area (Å²) < 4.78 is 5.94. The number of hydrogen-bond donors (Lipinski definition) is 1. The monoisotopic (exact) mass is 262 g/mol. The number of thiophene rings is 1. The minimum atomic E-state index is -0.530. The van der Waals surface area contributed by atoms with Crippen LogP contribution in [0.15, 0.2) is 35.4 Å². The molecule has 0 unspecified atom stereocenters. The van der Waals surface area contributed by atoms with E-state index in [4.69, 9.17) is 4.74 Å². The first kappa shape index (κ1) is 12.6. The van der Waals surface area contributed by atoms with E-state index in [-0.39, 0.29) is 0 Å². The lowest BCUT2D eigenvalue weighted by atomic mass is 10.2. The van der Waals surface area contributed by atoms with Gasteiger partial charge in [0, 0.05) is 4.70 Å². The Hall–Kier alpha value is -1.88. The van der Waals surface area contributed by atoms with Crippen LogP contribution in [-0.4, -0.2) is 18.4 Å². The van der Waals surface area contributed by atoms with Gasteiger partial charge in [0.05, 0.1) is 17.2 Å². The van der Waals surface area contributed by atoms with Gasteiger partial charge in [-0.25, -0.2) is 10.2 Å². The zero-order valence-electron chi connectivity index (χ0n) is 10.3. The summed E-state index contributed by atoms with van der Waals surface area (Å²) in [6.45, 7) is 3.95. The topological polar surface area (TPSA) is 50.7 Å². The molecular weight excluding hydrogens is 248 g/mol. The average molecular weight is 262 g/mol. The highest BCUT2D eigenvalue weighted by Gasteiger charge is 2.05. The minimum Gasteiger partial charge on any atom is -0.449 e. The Balaban J connectivity index is 2.15. The number of carbonyl (C=O) groups excluding carboxylic acids is 1. The van der Waals surface area contributed by atoms with Crippen molar-refractivity contribution in [2.24, 2.45) is 5.10 Å². The van der Waals surface area contributed by atoms with Gasteiger partial charge in [-0.3, -0.25) is 0 Å². The largest absolute Gasteiger partial charge is 0.449 e. The summed E-state index contributed by atoms with van der Waals surface area (Å²) >= 11 is 1.65. The second-order valence-corrected chi connectivity index (χ2v) is 4.76. The Morgan fingerprint density at radius 1 is 1.44 bits per heavy atom. The molecule has 2 rings (SSSR count). The van der Waals surface area contributed by atoms with Crippen LogP contribution in [0.2, 0.25) is 0 Å². The second kappa shape index (κ2) is 5.64. The minimum absolute atomic E-state index is 0.337. The molecule has 0 saturated carbocycles. The van der Waals surface area contributed by atoms with Crippen LogP contribution in [0.25, 0.3) is 10.1 Å². The first-order valence-corrected chi connectivity index (χ1v) is 6.48. The molecule has 4 nitrogen and oxygen atoms in total. The number of fused-ring (bicyclic) bond motifs is 1. The molecule has 0 aliphatic rings. The third-order valence-corrected chi connectivity index (χ3v) is 3.60. The van der Waals surface area contributed by atoms with Crippen LogP contribution >= 0.6 is 11.3 Å². The number of rotatable bonds is 3. The van der Waals surface area contributed by atoms with Gasteiger partial charge in [0.1, 0.15) is 0 Å². The first-order chi connectivity index (χ1) is 8.70. The van der Waals surface area contributed by atoms with Crippen molar-refractivity contribution in [3.63, 3.8) is 0 Å². The lowest BCUT2D eigenvalue weighted by molar-refractivity contribution is 0.152. The number of nitrogens with one attached hydrogen (secondary N) is 1. The molecule has 0 spiro atoms. The average Bonchev–Trinajstić information content (AvgIpc) is 2.80. The number of hydrogen-bond acceptors (Lipinski definition) is 4. The van der Waals surface area contributed by atoms with Crippen molar-refractivity contribution in [2.45, 2.75) is 13.8 Å². The van der Waals surface area contributed by atoms with E-state index in [1.165, 1.54) is 10.1 Å².